The molecule has 156 valence electrons. The predicted molar refractivity (Wildman–Crippen MR) is 106 cm³/mol. The van der Waals surface area contributed by atoms with Gasteiger partial charge >= 0.3 is 12.2 Å². The number of aryl methyl sites for hydroxylation is 1. The summed E-state index contributed by atoms with van der Waals surface area (Å²) in [5, 5.41) is 4.93. The van der Waals surface area contributed by atoms with Crippen LogP contribution >= 0.6 is 0 Å². The van der Waals surface area contributed by atoms with Crippen LogP contribution in [0.4, 0.5) is 29.3 Å². The third kappa shape index (κ3) is 5.40. The van der Waals surface area contributed by atoms with Gasteiger partial charge < -0.3 is 20.1 Å². The Morgan fingerprint density at radius 1 is 1.00 bits per heavy atom. The number of amides is 2. The minimum atomic E-state index is -4.55. The van der Waals surface area contributed by atoms with Gasteiger partial charge in [0.15, 0.2) is 0 Å². The van der Waals surface area contributed by atoms with E-state index in [4.69, 9.17) is 9.47 Å². The summed E-state index contributed by atoms with van der Waals surface area (Å²) in [4.78, 5) is 16.4. The van der Waals surface area contributed by atoms with Crippen LogP contribution in [0, 0.1) is 6.92 Å². The Bertz CT molecular complexity index is 1050. The number of aromatic nitrogens is 1. The van der Waals surface area contributed by atoms with Gasteiger partial charge in [-0.15, -0.1) is 0 Å². The highest BCUT2D eigenvalue weighted by molar-refractivity contribution is 6.00. The minimum Gasteiger partial charge on any atom is -0.495 e. The van der Waals surface area contributed by atoms with Crippen LogP contribution in [-0.4, -0.2) is 18.1 Å². The number of hydrogen-bond donors (Lipinski definition) is 2. The van der Waals surface area contributed by atoms with Crippen molar-refractivity contribution in [2.24, 2.45) is 0 Å². The molecule has 0 aliphatic heterocycles. The van der Waals surface area contributed by atoms with Crippen molar-refractivity contribution in [3.8, 4) is 17.2 Å². The van der Waals surface area contributed by atoms with Gasteiger partial charge in [0.05, 0.1) is 18.4 Å². The summed E-state index contributed by atoms with van der Waals surface area (Å²) < 4.78 is 49.6. The molecule has 9 heteroatoms. The fraction of sp³-hybridized carbons (Fsp3) is 0.143. The maximum absolute atomic E-state index is 12.9. The summed E-state index contributed by atoms with van der Waals surface area (Å²) in [5.74, 6) is 1.15. The van der Waals surface area contributed by atoms with Gasteiger partial charge in [0.2, 0.25) is 0 Å². The Balaban J connectivity index is 1.72. The monoisotopic (exact) mass is 417 g/mol. The van der Waals surface area contributed by atoms with Crippen molar-refractivity contribution in [2.75, 3.05) is 17.7 Å². The topological polar surface area (TPSA) is 72.5 Å². The molecule has 0 fully saturated rings. The van der Waals surface area contributed by atoms with Crippen molar-refractivity contribution in [3.63, 3.8) is 0 Å². The molecule has 6 nitrogen and oxygen atoms in total. The smallest absolute Gasteiger partial charge is 0.416 e. The molecule has 0 bridgehead atoms. The summed E-state index contributed by atoms with van der Waals surface area (Å²) in [5.41, 5.74) is 0.170. The number of ether oxygens (including phenoxy) is 2. The quantitative estimate of drug-likeness (QED) is 0.546. The first-order valence-electron chi connectivity index (χ1n) is 8.78. The Morgan fingerprint density at radius 3 is 2.47 bits per heavy atom. The number of hydrogen-bond acceptors (Lipinski definition) is 4. The van der Waals surface area contributed by atoms with Gasteiger partial charge in [-0.1, -0.05) is 6.07 Å². The zero-order chi connectivity index (χ0) is 21.7. The van der Waals surface area contributed by atoms with Crippen LogP contribution in [0.3, 0.4) is 0 Å². The number of halogens is 3. The van der Waals surface area contributed by atoms with Crippen molar-refractivity contribution < 1.29 is 27.4 Å². The number of nitrogens with zero attached hydrogens (tertiary/aromatic N) is 1. The number of rotatable bonds is 5. The zero-order valence-electron chi connectivity index (χ0n) is 16.1. The molecule has 0 aliphatic carbocycles. The highest BCUT2D eigenvalue weighted by atomic mass is 19.4. The average Bonchev–Trinajstić information content (AvgIpc) is 2.67. The summed E-state index contributed by atoms with van der Waals surface area (Å²) in [6.07, 6.45) is -2.93. The van der Waals surface area contributed by atoms with Crippen LogP contribution < -0.4 is 20.1 Å². The fourth-order valence-corrected chi connectivity index (χ4v) is 2.62. The van der Waals surface area contributed by atoms with Gasteiger partial charge in [0, 0.05) is 29.7 Å². The standard InChI is InChI=1S/C21H18F3N3O3/c1-13-10-17(8-9-25-13)30-16-5-3-4-15(12-16)26-20(28)27-18-11-14(21(22,23)24)6-7-19(18)29-2/h3-12H,1-2H3,(H2,26,27,28). The molecule has 2 aromatic carbocycles. The third-order valence-electron chi connectivity index (χ3n) is 3.97. The van der Waals surface area contributed by atoms with Gasteiger partial charge in [0.1, 0.15) is 17.2 Å². The Labute approximate surface area is 170 Å². The van der Waals surface area contributed by atoms with Gasteiger partial charge in [-0.2, -0.15) is 13.2 Å². The molecule has 2 amide bonds. The number of benzene rings is 2. The molecular weight excluding hydrogens is 399 g/mol. The van der Waals surface area contributed by atoms with Crippen LogP contribution in [0.15, 0.2) is 60.8 Å². The second-order valence-electron chi connectivity index (χ2n) is 6.25. The molecule has 0 radical (unpaired) electrons. The first-order valence-corrected chi connectivity index (χ1v) is 8.78. The van der Waals surface area contributed by atoms with Gasteiger partial charge in [0.25, 0.3) is 0 Å². The summed E-state index contributed by atoms with van der Waals surface area (Å²) in [7, 11) is 1.30. The summed E-state index contributed by atoms with van der Waals surface area (Å²) in [6, 6.07) is 12.1. The molecule has 1 aromatic heterocycles. The van der Waals surface area contributed by atoms with E-state index in [9.17, 15) is 18.0 Å². The van der Waals surface area contributed by atoms with Gasteiger partial charge in [-0.3, -0.25) is 4.98 Å². The molecule has 0 atom stereocenters. The number of pyridine rings is 1. The number of urea groups is 1. The first kappa shape index (κ1) is 21.0. The SMILES string of the molecule is COc1ccc(C(F)(F)F)cc1NC(=O)Nc1cccc(Oc2ccnc(C)c2)c1. The van der Waals surface area contributed by atoms with Crippen LogP contribution in [-0.2, 0) is 6.18 Å². The molecule has 3 aromatic rings. The molecule has 0 saturated carbocycles. The van der Waals surface area contributed by atoms with E-state index in [1.165, 1.54) is 7.11 Å². The van der Waals surface area contributed by atoms with Crippen molar-refractivity contribution in [1.29, 1.82) is 0 Å². The maximum Gasteiger partial charge on any atom is 0.416 e. The van der Waals surface area contributed by atoms with Crippen LogP contribution in [0.2, 0.25) is 0 Å². The van der Waals surface area contributed by atoms with E-state index >= 15 is 0 Å². The minimum absolute atomic E-state index is 0.100. The van der Waals surface area contributed by atoms with Gasteiger partial charge in [-0.05, 0) is 43.3 Å². The summed E-state index contributed by atoms with van der Waals surface area (Å²) in [6.45, 7) is 1.83. The van der Waals surface area contributed by atoms with Crippen LogP contribution in [0.5, 0.6) is 17.2 Å². The second kappa shape index (κ2) is 8.73. The first-order chi connectivity index (χ1) is 14.2. The van der Waals surface area contributed by atoms with E-state index in [0.717, 1.165) is 23.9 Å². The van der Waals surface area contributed by atoms with E-state index in [1.807, 2.05) is 6.92 Å². The molecule has 0 unspecified atom stereocenters. The Hall–Kier alpha value is -3.75. The second-order valence-corrected chi connectivity index (χ2v) is 6.25. The Kier molecular flexibility index (Phi) is 6.10. The number of alkyl halides is 3. The maximum atomic E-state index is 12.9. The lowest BCUT2D eigenvalue weighted by Gasteiger charge is -2.14. The number of anilines is 2. The third-order valence-corrected chi connectivity index (χ3v) is 3.97. The molecule has 3 rings (SSSR count). The fourth-order valence-electron chi connectivity index (χ4n) is 2.62. The van der Waals surface area contributed by atoms with E-state index in [2.05, 4.69) is 15.6 Å². The molecular formula is C21H18F3N3O3. The van der Waals surface area contributed by atoms with Gasteiger partial charge in [-0.25, -0.2) is 4.79 Å². The predicted octanol–water partition coefficient (Wildman–Crippen LogP) is 5.85. The highest BCUT2D eigenvalue weighted by Gasteiger charge is 2.31. The number of carbonyl (C=O) groups is 1. The van der Waals surface area contributed by atoms with E-state index in [1.54, 1.807) is 42.6 Å². The number of carbonyl (C=O) groups excluding carboxylic acids is 1. The molecule has 0 spiro atoms. The molecule has 0 aliphatic rings. The largest absolute Gasteiger partial charge is 0.495 e. The number of nitrogens with one attached hydrogen (secondary N) is 2. The van der Waals surface area contributed by atoms with Crippen molar-refractivity contribution in [2.45, 2.75) is 13.1 Å². The average molecular weight is 417 g/mol. The highest BCUT2D eigenvalue weighted by Crippen LogP contribution is 2.35. The van der Waals surface area contributed by atoms with Crippen LogP contribution in [0.1, 0.15) is 11.3 Å². The zero-order valence-corrected chi connectivity index (χ0v) is 16.1. The molecule has 1 heterocycles. The molecule has 0 saturated heterocycles. The van der Waals surface area contributed by atoms with E-state index in [0.29, 0.717) is 17.2 Å². The molecule has 2 N–H and O–H groups in total. The normalized spacial score (nSPS) is 11.0. The summed E-state index contributed by atoms with van der Waals surface area (Å²) >= 11 is 0. The van der Waals surface area contributed by atoms with Crippen molar-refractivity contribution >= 4 is 17.4 Å². The molecule has 30 heavy (non-hydrogen) atoms. The van der Waals surface area contributed by atoms with Crippen LogP contribution in [0.25, 0.3) is 0 Å². The van der Waals surface area contributed by atoms with E-state index < -0.39 is 17.8 Å². The van der Waals surface area contributed by atoms with E-state index in [-0.39, 0.29) is 11.4 Å². The number of methoxy groups -OCH3 is 1. The lowest BCUT2D eigenvalue weighted by atomic mass is 10.2. The lowest BCUT2D eigenvalue weighted by Crippen LogP contribution is -2.20. The van der Waals surface area contributed by atoms with Crippen molar-refractivity contribution in [3.05, 3.63) is 72.1 Å². The Morgan fingerprint density at radius 2 is 1.77 bits per heavy atom. The lowest BCUT2D eigenvalue weighted by molar-refractivity contribution is -0.137. The van der Waals surface area contributed by atoms with Crippen molar-refractivity contribution in [1.82, 2.24) is 4.98 Å².